The fraction of sp³-hybridized carbons (Fsp3) is 0.182. The SMILES string of the molecule is NCCc1[nH]c(-c2ccccc2Cl)nc1Cl. The van der Waals surface area contributed by atoms with Crippen molar-refractivity contribution in [2.75, 3.05) is 6.54 Å². The summed E-state index contributed by atoms with van der Waals surface area (Å²) in [5, 5.41) is 1.10. The van der Waals surface area contributed by atoms with Crippen molar-refractivity contribution < 1.29 is 0 Å². The van der Waals surface area contributed by atoms with Gasteiger partial charge in [-0.05, 0) is 18.7 Å². The largest absolute Gasteiger partial charge is 0.340 e. The van der Waals surface area contributed by atoms with Gasteiger partial charge in [0.1, 0.15) is 5.82 Å². The summed E-state index contributed by atoms with van der Waals surface area (Å²) in [5.74, 6) is 0.680. The van der Waals surface area contributed by atoms with E-state index in [-0.39, 0.29) is 0 Å². The number of nitrogens with two attached hydrogens (primary N) is 1. The maximum atomic E-state index is 6.07. The van der Waals surface area contributed by atoms with Crippen molar-refractivity contribution in [3.63, 3.8) is 0 Å². The third kappa shape index (κ3) is 2.21. The van der Waals surface area contributed by atoms with Gasteiger partial charge in [0.2, 0.25) is 0 Å². The Hall–Kier alpha value is -1.03. The minimum Gasteiger partial charge on any atom is -0.340 e. The standard InChI is InChI=1S/C11H11Cl2N3/c12-8-4-2-1-3-7(8)11-15-9(5-6-14)10(13)16-11/h1-4H,5-6,14H2,(H,15,16). The number of halogens is 2. The topological polar surface area (TPSA) is 54.7 Å². The maximum Gasteiger partial charge on any atom is 0.150 e. The Morgan fingerprint density at radius 1 is 1.25 bits per heavy atom. The Kier molecular flexibility index (Phi) is 3.49. The van der Waals surface area contributed by atoms with Gasteiger partial charge in [-0.1, -0.05) is 35.3 Å². The molecule has 0 atom stereocenters. The summed E-state index contributed by atoms with van der Waals surface area (Å²) in [6.45, 7) is 0.532. The molecule has 0 amide bonds. The second kappa shape index (κ2) is 4.87. The molecular formula is C11H11Cl2N3. The predicted molar refractivity (Wildman–Crippen MR) is 66.8 cm³/mol. The summed E-state index contributed by atoms with van der Waals surface area (Å²) in [7, 11) is 0. The molecule has 0 aliphatic carbocycles. The van der Waals surface area contributed by atoms with Crippen LogP contribution in [0, 0.1) is 0 Å². The van der Waals surface area contributed by atoms with Crippen LogP contribution < -0.4 is 5.73 Å². The van der Waals surface area contributed by atoms with Gasteiger partial charge in [-0.25, -0.2) is 4.98 Å². The molecular weight excluding hydrogens is 245 g/mol. The summed E-state index contributed by atoms with van der Waals surface area (Å²) >= 11 is 12.1. The van der Waals surface area contributed by atoms with E-state index in [1.165, 1.54) is 0 Å². The third-order valence-electron chi connectivity index (χ3n) is 2.25. The van der Waals surface area contributed by atoms with E-state index >= 15 is 0 Å². The fourth-order valence-electron chi connectivity index (χ4n) is 1.48. The number of imidazole rings is 1. The van der Waals surface area contributed by atoms with Crippen molar-refractivity contribution in [1.82, 2.24) is 9.97 Å². The average molecular weight is 256 g/mol. The number of nitrogens with one attached hydrogen (secondary N) is 1. The molecule has 0 bridgehead atoms. The van der Waals surface area contributed by atoms with Gasteiger partial charge in [0.15, 0.2) is 5.15 Å². The van der Waals surface area contributed by atoms with Crippen LogP contribution in [0.2, 0.25) is 10.2 Å². The first-order valence-electron chi connectivity index (χ1n) is 4.91. The van der Waals surface area contributed by atoms with E-state index in [0.29, 0.717) is 29.0 Å². The van der Waals surface area contributed by atoms with E-state index in [2.05, 4.69) is 9.97 Å². The Morgan fingerprint density at radius 3 is 2.69 bits per heavy atom. The number of hydrogen-bond donors (Lipinski definition) is 2. The zero-order chi connectivity index (χ0) is 11.5. The molecule has 0 saturated heterocycles. The Labute approximate surface area is 104 Å². The third-order valence-corrected chi connectivity index (χ3v) is 2.89. The van der Waals surface area contributed by atoms with Crippen LogP contribution in [0.5, 0.6) is 0 Å². The highest BCUT2D eigenvalue weighted by Crippen LogP contribution is 2.27. The van der Waals surface area contributed by atoms with Crippen LogP contribution >= 0.6 is 23.2 Å². The van der Waals surface area contributed by atoms with Crippen LogP contribution in [-0.2, 0) is 6.42 Å². The van der Waals surface area contributed by atoms with E-state index in [9.17, 15) is 0 Å². The van der Waals surface area contributed by atoms with Crippen molar-refractivity contribution in [3.8, 4) is 11.4 Å². The highest BCUT2D eigenvalue weighted by Gasteiger charge is 2.11. The first-order valence-corrected chi connectivity index (χ1v) is 5.67. The van der Waals surface area contributed by atoms with Crippen LogP contribution in [0.15, 0.2) is 24.3 Å². The van der Waals surface area contributed by atoms with E-state index in [1.54, 1.807) is 0 Å². The second-order valence-electron chi connectivity index (χ2n) is 3.37. The first-order chi connectivity index (χ1) is 7.72. The Balaban J connectivity index is 2.42. The molecule has 0 radical (unpaired) electrons. The molecule has 0 spiro atoms. The number of hydrogen-bond acceptors (Lipinski definition) is 2. The van der Waals surface area contributed by atoms with Gasteiger partial charge < -0.3 is 10.7 Å². The van der Waals surface area contributed by atoms with Gasteiger partial charge in [0.05, 0.1) is 10.7 Å². The molecule has 3 N–H and O–H groups in total. The lowest BCUT2D eigenvalue weighted by Gasteiger charge is -1.99. The molecule has 0 aliphatic heterocycles. The first kappa shape index (κ1) is 11.5. The van der Waals surface area contributed by atoms with Crippen LogP contribution in [0.1, 0.15) is 5.69 Å². The molecule has 0 aliphatic rings. The maximum absolute atomic E-state index is 6.07. The van der Waals surface area contributed by atoms with Gasteiger partial charge >= 0.3 is 0 Å². The van der Waals surface area contributed by atoms with Crippen molar-refractivity contribution in [2.24, 2.45) is 5.73 Å². The molecule has 1 aromatic heterocycles. The van der Waals surface area contributed by atoms with Crippen LogP contribution in [0.25, 0.3) is 11.4 Å². The summed E-state index contributed by atoms with van der Waals surface area (Å²) in [6, 6.07) is 7.48. The lowest BCUT2D eigenvalue weighted by Crippen LogP contribution is -2.03. The fourth-order valence-corrected chi connectivity index (χ4v) is 1.93. The normalized spacial score (nSPS) is 10.7. The van der Waals surface area contributed by atoms with Gasteiger partial charge in [0, 0.05) is 12.0 Å². The second-order valence-corrected chi connectivity index (χ2v) is 4.14. The molecule has 3 nitrogen and oxygen atoms in total. The zero-order valence-corrected chi connectivity index (χ0v) is 10.0. The molecule has 2 aromatic rings. The number of rotatable bonds is 3. The van der Waals surface area contributed by atoms with E-state index in [4.69, 9.17) is 28.9 Å². The van der Waals surface area contributed by atoms with Crippen molar-refractivity contribution in [2.45, 2.75) is 6.42 Å². The van der Waals surface area contributed by atoms with Crippen molar-refractivity contribution >= 4 is 23.2 Å². The summed E-state index contributed by atoms with van der Waals surface area (Å²) in [5.41, 5.74) is 7.16. The summed E-state index contributed by atoms with van der Waals surface area (Å²) in [4.78, 5) is 7.36. The number of nitrogens with zero attached hydrogens (tertiary/aromatic N) is 1. The molecule has 1 heterocycles. The van der Waals surface area contributed by atoms with Crippen molar-refractivity contribution in [1.29, 1.82) is 0 Å². The Morgan fingerprint density at radius 2 is 2.00 bits per heavy atom. The van der Waals surface area contributed by atoms with E-state index in [1.807, 2.05) is 24.3 Å². The van der Waals surface area contributed by atoms with Gasteiger partial charge in [-0.2, -0.15) is 0 Å². The van der Waals surface area contributed by atoms with Gasteiger partial charge in [0.25, 0.3) is 0 Å². The number of aromatic amines is 1. The molecule has 1 aromatic carbocycles. The van der Waals surface area contributed by atoms with Gasteiger partial charge in [-0.15, -0.1) is 0 Å². The zero-order valence-electron chi connectivity index (χ0n) is 8.50. The molecule has 0 fully saturated rings. The Bertz CT molecular complexity index is 494. The molecule has 16 heavy (non-hydrogen) atoms. The predicted octanol–water partition coefficient (Wildman–Crippen LogP) is 2.88. The molecule has 0 unspecified atom stereocenters. The highest BCUT2D eigenvalue weighted by molar-refractivity contribution is 6.33. The number of aromatic nitrogens is 2. The van der Waals surface area contributed by atoms with E-state index < -0.39 is 0 Å². The number of benzene rings is 1. The molecule has 84 valence electrons. The number of H-pyrrole nitrogens is 1. The van der Waals surface area contributed by atoms with Crippen molar-refractivity contribution in [3.05, 3.63) is 40.1 Å². The minimum atomic E-state index is 0.459. The lowest BCUT2D eigenvalue weighted by molar-refractivity contribution is 0.936. The minimum absolute atomic E-state index is 0.459. The van der Waals surface area contributed by atoms with Crippen LogP contribution in [0.3, 0.4) is 0 Å². The van der Waals surface area contributed by atoms with Crippen LogP contribution in [0.4, 0.5) is 0 Å². The van der Waals surface area contributed by atoms with Crippen LogP contribution in [-0.4, -0.2) is 16.5 Å². The summed E-state index contributed by atoms with van der Waals surface area (Å²) in [6.07, 6.45) is 0.677. The average Bonchev–Trinajstić information content (AvgIpc) is 2.61. The molecule has 2 rings (SSSR count). The summed E-state index contributed by atoms with van der Waals surface area (Å²) < 4.78 is 0. The monoisotopic (exact) mass is 255 g/mol. The van der Waals surface area contributed by atoms with Gasteiger partial charge in [-0.3, -0.25) is 0 Å². The van der Waals surface area contributed by atoms with E-state index in [0.717, 1.165) is 11.3 Å². The highest BCUT2D eigenvalue weighted by atomic mass is 35.5. The quantitative estimate of drug-likeness (QED) is 0.887. The molecule has 0 saturated carbocycles. The smallest absolute Gasteiger partial charge is 0.150 e. The molecule has 5 heteroatoms. The lowest BCUT2D eigenvalue weighted by atomic mass is 10.2.